The molecule has 2 rings (SSSR count). The van der Waals surface area contributed by atoms with Crippen LogP contribution >= 0.6 is 0 Å². The second-order valence-electron chi connectivity index (χ2n) is 4.78. The molecule has 110 valence electrons. The minimum absolute atomic E-state index is 0.0631. The molecule has 0 aliphatic carbocycles. The molecule has 1 aliphatic rings. The molecule has 1 aromatic rings. The molecule has 1 fully saturated rings. The number of hydrogen-bond acceptors (Lipinski definition) is 3. The molecular formula is C13H15F3N2O2. The predicted molar refractivity (Wildman–Crippen MR) is 67.0 cm³/mol. The van der Waals surface area contributed by atoms with Crippen molar-refractivity contribution >= 4 is 11.6 Å². The van der Waals surface area contributed by atoms with Crippen LogP contribution in [0.15, 0.2) is 18.2 Å². The van der Waals surface area contributed by atoms with Crippen LogP contribution in [0.1, 0.15) is 28.8 Å². The standard InChI is InChI=1S/C13H15F3N2O2/c14-13(15,16)10-6-8(3-4-11(10)17)12(20)18-5-1-2-9(18)7-19/h3-4,6,9,19H,1-2,5,7,17H2. The van der Waals surface area contributed by atoms with Crippen molar-refractivity contribution in [2.75, 3.05) is 18.9 Å². The number of anilines is 1. The van der Waals surface area contributed by atoms with Gasteiger partial charge in [-0.15, -0.1) is 0 Å². The van der Waals surface area contributed by atoms with E-state index in [1.807, 2.05) is 0 Å². The van der Waals surface area contributed by atoms with E-state index in [0.717, 1.165) is 18.6 Å². The van der Waals surface area contributed by atoms with Crippen molar-refractivity contribution in [2.24, 2.45) is 0 Å². The molecule has 7 heteroatoms. The number of rotatable bonds is 2. The summed E-state index contributed by atoms with van der Waals surface area (Å²) in [5.74, 6) is -0.507. The van der Waals surface area contributed by atoms with Gasteiger partial charge in [0.2, 0.25) is 0 Å². The average molecular weight is 288 g/mol. The third-order valence-corrected chi connectivity index (χ3v) is 3.45. The zero-order chi connectivity index (χ0) is 14.9. The molecule has 0 spiro atoms. The quantitative estimate of drug-likeness (QED) is 0.817. The molecule has 0 saturated carbocycles. The first-order chi connectivity index (χ1) is 9.34. The van der Waals surface area contributed by atoms with Gasteiger partial charge in [0, 0.05) is 17.8 Å². The van der Waals surface area contributed by atoms with Crippen molar-refractivity contribution in [3.63, 3.8) is 0 Å². The van der Waals surface area contributed by atoms with Gasteiger partial charge in [-0.25, -0.2) is 0 Å². The first kappa shape index (κ1) is 14.6. The number of alkyl halides is 3. The smallest absolute Gasteiger partial charge is 0.398 e. The van der Waals surface area contributed by atoms with Crippen molar-refractivity contribution in [2.45, 2.75) is 25.1 Å². The first-order valence-electron chi connectivity index (χ1n) is 6.23. The first-order valence-corrected chi connectivity index (χ1v) is 6.23. The highest BCUT2D eigenvalue weighted by Crippen LogP contribution is 2.34. The number of hydrogen-bond donors (Lipinski definition) is 2. The Hall–Kier alpha value is -1.76. The van der Waals surface area contributed by atoms with Crippen LogP contribution in [0.4, 0.5) is 18.9 Å². The Labute approximate surface area is 114 Å². The SMILES string of the molecule is Nc1ccc(C(=O)N2CCCC2CO)cc1C(F)(F)F. The fraction of sp³-hybridized carbons (Fsp3) is 0.462. The topological polar surface area (TPSA) is 66.6 Å². The van der Waals surface area contributed by atoms with E-state index in [-0.39, 0.29) is 18.2 Å². The lowest BCUT2D eigenvalue weighted by atomic mass is 10.1. The summed E-state index contributed by atoms with van der Waals surface area (Å²) in [6.07, 6.45) is -3.21. The highest BCUT2D eigenvalue weighted by atomic mass is 19.4. The zero-order valence-corrected chi connectivity index (χ0v) is 10.7. The highest BCUT2D eigenvalue weighted by Gasteiger charge is 2.35. The molecule has 20 heavy (non-hydrogen) atoms. The molecule has 3 N–H and O–H groups in total. The number of carbonyl (C=O) groups excluding carboxylic acids is 1. The van der Waals surface area contributed by atoms with E-state index in [9.17, 15) is 18.0 Å². The number of aliphatic hydroxyl groups excluding tert-OH is 1. The summed E-state index contributed by atoms with van der Waals surface area (Å²) in [7, 11) is 0. The van der Waals surface area contributed by atoms with E-state index in [4.69, 9.17) is 10.8 Å². The fourth-order valence-electron chi connectivity index (χ4n) is 2.39. The monoisotopic (exact) mass is 288 g/mol. The highest BCUT2D eigenvalue weighted by molar-refractivity contribution is 5.95. The molecule has 1 saturated heterocycles. The van der Waals surface area contributed by atoms with Gasteiger partial charge >= 0.3 is 6.18 Å². The number of nitrogen functional groups attached to an aromatic ring is 1. The lowest BCUT2D eigenvalue weighted by Crippen LogP contribution is -2.37. The van der Waals surface area contributed by atoms with Crippen LogP contribution in [0.5, 0.6) is 0 Å². The average Bonchev–Trinajstić information content (AvgIpc) is 2.85. The zero-order valence-electron chi connectivity index (χ0n) is 10.7. The predicted octanol–water partition coefficient (Wildman–Crippen LogP) is 1.88. The molecule has 1 atom stereocenters. The fourth-order valence-corrected chi connectivity index (χ4v) is 2.39. The third-order valence-electron chi connectivity index (χ3n) is 3.45. The van der Waals surface area contributed by atoms with E-state index in [1.54, 1.807) is 0 Å². The van der Waals surface area contributed by atoms with Crippen LogP contribution < -0.4 is 5.73 Å². The number of carbonyl (C=O) groups is 1. The second-order valence-corrected chi connectivity index (χ2v) is 4.78. The van der Waals surface area contributed by atoms with Gasteiger partial charge in [0.1, 0.15) is 0 Å². The van der Waals surface area contributed by atoms with Crippen LogP contribution in [0.3, 0.4) is 0 Å². The number of aliphatic hydroxyl groups is 1. The molecule has 4 nitrogen and oxygen atoms in total. The third kappa shape index (κ3) is 2.72. The summed E-state index contributed by atoms with van der Waals surface area (Å²) in [4.78, 5) is 13.6. The van der Waals surface area contributed by atoms with E-state index in [2.05, 4.69) is 0 Å². The summed E-state index contributed by atoms with van der Waals surface area (Å²) in [6, 6.07) is 2.80. The Morgan fingerprint density at radius 3 is 2.75 bits per heavy atom. The summed E-state index contributed by atoms with van der Waals surface area (Å²) >= 11 is 0. The number of nitrogens with zero attached hydrogens (tertiary/aromatic N) is 1. The molecule has 1 aromatic carbocycles. The van der Waals surface area contributed by atoms with Gasteiger partial charge in [-0.3, -0.25) is 4.79 Å². The molecule has 0 radical (unpaired) electrons. The molecule has 1 amide bonds. The van der Waals surface area contributed by atoms with Gasteiger partial charge < -0.3 is 15.7 Å². The van der Waals surface area contributed by atoms with E-state index < -0.39 is 23.3 Å². The summed E-state index contributed by atoms with van der Waals surface area (Å²) < 4.78 is 38.3. The molecule has 0 bridgehead atoms. The van der Waals surface area contributed by atoms with Gasteiger partial charge in [0.15, 0.2) is 0 Å². The minimum Gasteiger partial charge on any atom is -0.398 e. The van der Waals surface area contributed by atoms with E-state index >= 15 is 0 Å². The molecule has 0 aromatic heterocycles. The van der Waals surface area contributed by atoms with E-state index in [0.29, 0.717) is 13.0 Å². The number of benzene rings is 1. The largest absolute Gasteiger partial charge is 0.418 e. The van der Waals surface area contributed by atoms with Crippen molar-refractivity contribution in [1.29, 1.82) is 0 Å². The number of nitrogens with two attached hydrogens (primary N) is 1. The lowest BCUT2D eigenvalue weighted by molar-refractivity contribution is -0.136. The number of halogens is 3. The van der Waals surface area contributed by atoms with Gasteiger partial charge in [0.05, 0.1) is 18.2 Å². The molecule has 1 unspecified atom stereocenters. The van der Waals surface area contributed by atoms with Crippen LogP contribution in [0, 0.1) is 0 Å². The Morgan fingerprint density at radius 1 is 1.45 bits per heavy atom. The van der Waals surface area contributed by atoms with Crippen LogP contribution in [-0.4, -0.2) is 35.1 Å². The Balaban J connectivity index is 2.31. The van der Waals surface area contributed by atoms with Gasteiger partial charge in [-0.05, 0) is 31.0 Å². The second kappa shape index (κ2) is 5.32. The van der Waals surface area contributed by atoms with Crippen molar-refractivity contribution < 1.29 is 23.1 Å². The Kier molecular flexibility index (Phi) is 3.89. The minimum atomic E-state index is -4.60. The van der Waals surface area contributed by atoms with Crippen molar-refractivity contribution in [3.8, 4) is 0 Å². The normalized spacial score (nSPS) is 19.4. The van der Waals surface area contributed by atoms with Gasteiger partial charge in [0.25, 0.3) is 5.91 Å². The maximum Gasteiger partial charge on any atom is 0.418 e. The van der Waals surface area contributed by atoms with Crippen LogP contribution in [-0.2, 0) is 6.18 Å². The van der Waals surface area contributed by atoms with Crippen LogP contribution in [0.25, 0.3) is 0 Å². The molecular weight excluding hydrogens is 273 g/mol. The molecule has 1 heterocycles. The maximum absolute atomic E-state index is 12.8. The Morgan fingerprint density at radius 2 is 2.15 bits per heavy atom. The van der Waals surface area contributed by atoms with Crippen molar-refractivity contribution in [3.05, 3.63) is 29.3 Å². The van der Waals surface area contributed by atoms with Crippen molar-refractivity contribution in [1.82, 2.24) is 4.90 Å². The van der Waals surface area contributed by atoms with Gasteiger partial charge in [-0.2, -0.15) is 13.2 Å². The van der Waals surface area contributed by atoms with Gasteiger partial charge in [-0.1, -0.05) is 0 Å². The number of likely N-dealkylation sites (tertiary alicyclic amines) is 1. The summed E-state index contributed by atoms with van der Waals surface area (Å²) in [5, 5.41) is 9.17. The molecule has 1 aliphatic heterocycles. The Bertz CT molecular complexity index is 517. The maximum atomic E-state index is 12.8. The van der Waals surface area contributed by atoms with E-state index in [1.165, 1.54) is 11.0 Å². The lowest BCUT2D eigenvalue weighted by Gasteiger charge is -2.23. The number of amides is 1. The van der Waals surface area contributed by atoms with Crippen LogP contribution in [0.2, 0.25) is 0 Å². The summed E-state index contributed by atoms with van der Waals surface area (Å²) in [6.45, 7) is 0.253. The summed E-state index contributed by atoms with van der Waals surface area (Å²) in [5.41, 5.74) is 3.82.